The van der Waals surface area contributed by atoms with Crippen LogP contribution in [-0.4, -0.2) is 30.1 Å². The first-order chi connectivity index (χ1) is 7.19. The zero-order valence-electron chi connectivity index (χ0n) is 10.7. The molecule has 1 fully saturated rings. The van der Waals surface area contributed by atoms with Gasteiger partial charge in [0.15, 0.2) is 0 Å². The van der Waals surface area contributed by atoms with Crippen LogP contribution in [0.15, 0.2) is 0 Å². The van der Waals surface area contributed by atoms with Crippen molar-refractivity contribution < 1.29 is 0 Å². The van der Waals surface area contributed by atoms with Crippen LogP contribution in [-0.2, 0) is 0 Å². The van der Waals surface area contributed by atoms with Crippen molar-refractivity contribution in [1.29, 1.82) is 0 Å². The molecule has 2 N–H and O–H groups in total. The summed E-state index contributed by atoms with van der Waals surface area (Å²) < 4.78 is 0. The van der Waals surface area contributed by atoms with Crippen molar-refractivity contribution in [2.45, 2.75) is 65.0 Å². The van der Waals surface area contributed by atoms with Gasteiger partial charge in [-0.05, 0) is 25.2 Å². The number of rotatable bonds is 6. The molecule has 0 radical (unpaired) electrons. The van der Waals surface area contributed by atoms with Crippen molar-refractivity contribution in [1.82, 2.24) is 4.90 Å². The van der Waals surface area contributed by atoms with E-state index >= 15 is 0 Å². The lowest BCUT2D eigenvalue weighted by atomic mass is 10.1. The molecule has 0 amide bonds. The Morgan fingerprint density at radius 1 is 1.27 bits per heavy atom. The molecule has 2 heteroatoms. The molecule has 0 aliphatic heterocycles. The summed E-state index contributed by atoms with van der Waals surface area (Å²) in [5.74, 6) is 0.756. The van der Waals surface area contributed by atoms with E-state index in [1.54, 1.807) is 0 Å². The van der Waals surface area contributed by atoms with Crippen LogP contribution in [0.3, 0.4) is 0 Å². The van der Waals surface area contributed by atoms with Crippen LogP contribution in [0.4, 0.5) is 0 Å². The zero-order chi connectivity index (χ0) is 11.3. The smallest absolute Gasteiger partial charge is 0.0218 e. The van der Waals surface area contributed by atoms with Gasteiger partial charge in [0.1, 0.15) is 0 Å². The lowest BCUT2D eigenvalue weighted by Crippen LogP contribution is -2.47. The fourth-order valence-corrected chi connectivity index (χ4v) is 2.79. The van der Waals surface area contributed by atoms with Gasteiger partial charge in [-0.3, -0.25) is 4.90 Å². The number of nitrogens with two attached hydrogens (primary N) is 1. The molecule has 90 valence electrons. The lowest BCUT2D eigenvalue weighted by molar-refractivity contribution is 0.118. The molecule has 1 rings (SSSR count). The molecular formula is C13H28N2. The van der Waals surface area contributed by atoms with Crippen LogP contribution in [0.25, 0.3) is 0 Å². The monoisotopic (exact) mass is 212 g/mol. The summed E-state index contributed by atoms with van der Waals surface area (Å²) in [5.41, 5.74) is 5.89. The number of nitrogens with zero attached hydrogens (tertiary/aromatic N) is 1. The van der Waals surface area contributed by atoms with E-state index in [1.807, 2.05) is 0 Å². The molecular weight excluding hydrogens is 184 g/mol. The maximum absolute atomic E-state index is 5.89. The highest BCUT2D eigenvalue weighted by molar-refractivity contribution is 4.83. The molecule has 1 aliphatic carbocycles. The molecule has 0 spiro atoms. The van der Waals surface area contributed by atoms with Gasteiger partial charge in [0.25, 0.3) is 0 Å². The van der Waals surface area contributed by atoms with Crippen LogP contribution >= 0.6 is 0 Å². The van der Waals surface area contributed by atoms with Crippen molar-refractivity contribution >= 4 is 0 Å². The Morgan fingerprint density at radius 2 is 1.87 bits per heavy atom. The van der Waals surface area contributed by atoms with Crippen molar-refractivity contribution in [2.24, 2.45) is 11.7 Å². The number of hydrogen-bond acceptors (Lipinski definition) is 2. The normalized spacial score (nSPS) is 20.4. The summed E-state index contributed by atoms with van der Waals surface area (Å²) in [6, 6.07) is 1.43. The Morgan fingerprint density at radius 3 is 2.27 bits per heavy atom. The van der Waals surface area contributed by atoms with E-state index in [2.05, 4.69) is 25.7 Å². The average molecular weight is 212 g/mol. The fraction of sp³-hybridized carbons (Fsp3) is 1.00. The quantitative estimate of drug-likeness (QED) is 0.733. The Bertz CT molecular complexity index is 156. The van der Waals surface area contributed by atoms with E-state index in [4.69, 9.17) is 5.73 Å². The maximum Gasteiger partial charge on any atom is 0.0218 e. The second kappa shape index (κ2) is 6.49. The van der Waals surface area contributed by atoms with E-state index in [1.165, 1.54) is 38.6 Å². The summed E-state index contributed by atoms with van der Waals surface area (Å²) in [6.45, 7) is 8.93. The second-order valence-corrected chi connectivity index (χ2v) is 5.33. The Kier molecular flexibility index (Phi) is 5.62. The minimum atomic E-state index is 0.607. The van der Waals surface area contributed by atoms with Gasteiger partial charge in [0, 0.05) is 25.2 Å². The van der Waals surface area contributed by atoms with Crippen molar-refractivity contribution in [2.75, 3.05) is 13.1 Å². The van der Waals surface area contributed by atoms with E-state index < -0.39 is 0 Å². The van der Waals surface area contributed by atoms with E-state index in [0.29, 0.717) is 6.04 Å². The average Bonchev–Trinajstić information content (AvgIpc) is 2.70. The minimum Gasteiger partial charge on any atom is -0.329 e. The first kappa shape index (κ1) is 13.0. The highest BCUT2D eigenvalue weighted by Gasteiger charge is 2.27. The SMILES string of the molecule is CCC(CN)N(CC(C)C)C1CCCC1. The van der Waals surface area contributed by atoms with Gasteiger partial charge in [-0.15, -0.1) is 0 Å². The molecule has 0 saturated heterocycles. The van der Waals surface area contributed by atoms with Gasteiger partial charge < -0.3 is 5.73 Å². The standard InChI is InChI=1S/C13H28N2/c1-4-12(9-14)15(10-11(2)3)13-7-5-6-8-13/h11-13H,4-10,14H2,1-3H3. The molecule has 2 nitrogen and oxygen atoms in total. The summed E-state index contributed by atoms with van der Waals surface area (Å²) in [5, 5.41) is 0. The molecule has 0 aromatic carbocycles. The van der Waals surface area contributed by atoms with Crippen LogP contribution < -0.4 is 5.73 Å². The van der Waals surface area contributed by atoms with Gasteiger partial charge in [0.2, 0.25) is 0 Å². The van der Waals surface area contributed by atoms with E-state index in [-0.39, 0.29) is 0 Å². The largest absolute Gasteiger partial charge is 0.329 e. The topological polar surface area (TPSA) is 29.3 Å². The Hall–Kier alpha value is -0.0800. The molecule has 0 heterocycles. The van der Waals surface area contributed by atoms with Gasteiger partial charge in [-0.25, -0.2) is 0 Å². The highest BCUT2D eigenvalue weighted by Crippen LogP contribution is 2.26. The third-order valence-corrected chi connectivity index (χ3v) is 3.58. The first-order valence-electron chi connectivity index (χ1n) is 6.64. The summed E-state index contributed by atoms with van der Waals surface area (Å²) in [6.07, 6.45) is 6.81. The third kappa shape index (κ3) is 3.76. The Labute approximate surface area is 95.2 Å². The van der Waals surface area contributed by atoms with Gasteiger partial charge in [0.05, 0.1) is 0 Å². The van der Waals surface area contributed by atoms with Gasteiger partial charge in [-0.1, -0.05) is 33.6 Å². The number of hydrogen-bond donors (Lipinski definition) is 1. The maximum atomic E-state index is 5.89. The molecule has 1 saturated carbocycles. The van der Waals surface area contributed by atoms with Crippen LogP contribution in [0.5, 0.6) is 0 Å². The van der Waals surface area contributed by atoms with Crippen LogP contribution in [0.1, 0.15) is 52.9 Å². The molecule has 1 aliphatic rings. The van der Waals surface area contributed by atoms with Crippen molar-refractivity contribution in [3.8, 4) is 0 Å². The minimum absolute atomic E-state index is 0.607. The molecule has 0 bridgehead atoms. The predicted octanol–water partition coefficient (Wildman–Crippen LogP) is 2.62. The molecule has 1 unspecified atom stereocenters. The molecule has 15 heavy (non-hydrogen) atoms. The van der Waals surface area contributed by atoms with Gasteiger partial charge >= 0.3 is 0 Å². The molecule has 1 atom stereocenters. The second-order valence-electron chi connectivity index (χ2n) is 5.33. The van der Waals surface area contributed by atoms with Crippen molar-refractivity contribution in [3.05, 3.63) is 0 Å². The summed E-state index contributed by atoms with van der Waals surface area (Å²) in [4.78, 5) is 2.69. The highest BCUT2D eigenvalue weighted by atomic mass is 15.2. The fourth-order valence-electron chi connectivity index (χ4n) is 2.79. The summed E-state index contributed by atoms with van der Waals surface area (Å²) >= 11 is 0. The first-order valence-corrected chi connectivity index (χ1v) is 6.64. The lowest BCUT2D eigenvalue weighted by Gasteiger charge is -2.36. The Balaban J connectivity index is 2.57. The summed E-state index contributed by atoms with van der Waals surface area (Å²) in [7, 11) is 0. The van der Waals surface area contributed by atoms with Crippen molar-refractivity contribution in [3.63, 3.8) is 0 Å². The predicted molar refractivity (Wildman–Crippen MR) is 66.9 cm³/mol. The van der Waals surface area contributed by atoms with Gasteiger partial charge in [-0.2, -0.15) is 0 Å². The van der Waals surface area contributed by atoms with Crippen LogP contribution in [0.2, 0.25) is 0 Å². The zero-order valence-corrected chi connectivity index (χ0v) is 10.7. The van der Waals surface area contributed by atoms with E-state index in [9.17, 15) is 0 Å². The third-order valence-electron chi connectivity index (χ3n) is 3.58. The van der Waals surface area contributed by atoms with E-state index in [0.717, 1.165) is 18.5 Å². The molecule has 0 aromatic rings. The van der Waals surface area contributed by atoms with Crippen LogP contribution in [0, 0.1) is 5.92 Å². The molecule has 0 aromatic heterocycles.